The highest BCUT2D eigenvalue weighted by Crippen LogP contribution is 2.09. The molecule has 0 aromatic carbocycles. The van der Waals surface area contributed by atoms with Gasteiger partial charge in [0.15, 0.2) is 0 Å². The molecule has 1 heterocycles. The number of carboxylic acid groups (broad SMARTS) is 1. The van der Waals surface area contributed by atoms with Gasteiger partial charge < -0.3 is 15.2 Å². The smallest absolute Gasteiger partial charge is 0.308 e. The number of carboxylic acids is 1. The Balaban J connectivity index is 2.50. The minimum atomic E-state index is -0.851. The number of rotatable bonds is 7. The first kappa shape index (κ1) is 13.2. The molecule has 6 heteroatoms. The first-order valence-electron chi connectivity index (χ1n) is 5.56. The van der Waals surface area contributed by atoms with Crippen molar-refractivity contribution in [1.29, 1.82) is 0 Å². The standard InChI is InChI=1S/C11H17N3O3/c1-3-6-17-9-4-5-12-11(14-9)13-7-8(2)10(15)16/h4-5,8H,3,6-7H2,1-2H3,(H,15,16)(H,12,13,14). The van der Waals surface area contributed by atoms with Gasteiger partial charge in [0.1, 0.15) is 0 Å². The molecule has 1 aromatic heterocycles. The molecule has 17 heavy (non-hydrogen) atoms. The van der Waals surface area contributed by atoms with Crippen LogP contribution in [0.15, 0.2) is 12.3 Å². The van der Waals surface area contributed by atoms with Crippen LogP contribution in [0.4, 0.5) is 5.95 Å². The molecule has 0 aliphatic carbocycles. The van der Waals surface area contributed by atoms with Crippen LogP contribution in [0.3, 0.4) is 0 Å². The van der Waals surface area contributed by atoms with Gasteiger partial charge in [-0.05, 0) is 6.42 Å². The third kappa shape index (κ3) is 4.67. The van der Waals surface area contributed by atoms with Crippen molar-refractivity contribution in [3.05, 3.63) is 12.3 Å². The average molecular weight is 239 g/mol. The summed E-state index contributed by atoms with van der Waals surface area (Å²) in [6.07, 6.45) is 2.48. The summed E-state index contributed by atoms with van der Waals surface area (Å²) in [6, 6.07) is 1.67. The maximum Gasteiger partial charge on any atom is 0.308 e. The molecule has 0 saturated carbocycles. The first-order chi connectivity index (χ1) is 8.13. The lowest BCUT2D eigenvalue weighted by atomic mass is 10.2. The van der Waals surface area contributed by atoms with E-state index >= 15 is 0 Å². The lowest BCUT2D eigenvalue weighted by molar-refractivity contribution is -0.140. The van der Waals surface area contributed by atoms with Crippen LogP contribution in [-0.2, 0) is 4.79 Å². The van der Waals surface area contributed by atoms with Gasteiger partial charge >= 0.3 is 5.97 Å². The van der Waals surface area contributed by atoms with E-state index in [4.69, 9.17) is 9.84 Å². The van der Waals surface area contributed by atoms with E-state index in [1.165, 1.54) is 0 Å². The third-order valence-electron chi connectivity index (χ3n) is 2.07. The third-order valence-corrected chi connectivity index (χ3v) is 2.07. The zero-order valence-corrected chi connectivity index (χ0v) is 10.0. The fraction of sp³-hybridized carbons (Fsp3) is 0.545. The van der Waals surface area contributed by atoms with Crippen LogP contribution in [0, 0.1) is 5.92 Å². The highest BCUT2D eigenvalue weighted by Gasteiger charge is 2.10. The highest BCUT2D eigenvalue weighted by atomic mass is 16.5. The summed E-state index contributed by atoms with van der Waals surface area (Å²) in [5.41, 5.74) is 0. The van der Waals surface area contributed by atoms with Crippen molar-refractivity contribution in [1.82, 2.24) is 9.97 Å². The number of nitrogens with zero attached hydrogens (tertiary/aromatic N) is 2. The van der Waals surface area contributed by atoms with E-state index < -0.39 is 11.9 Å². The summed E-state index contributed by atoms with van der Waals surface area (Å²) < 4.78 is 5.34. The van der Waals surface area contributed by atoms with Gasteiger partial charge in [-0.15, -0.1) is 0 Å². The minimum Gasteiger partial charge on any atom is -0.481 e. The van der Waals surface area contributed by atoms with Gasteiger partial charge in [0, 0.05) is 18.8 Å². The summed E-state index contributed by atoms with van der Waals surface area (Å²) in [5, 5.41) is 11.6. The molecule has 0 saturated heterocycles. The molecule has 6 nitrogen and oxygen atoms in total. The number of carbonyl (C=O) groups is 1. The normalized spacial score (nSPS) is 11.9. The van der Waals surface area contributed by atoms with E-state index in [2.05, 4.69) is 15.3 Å². The zero-order valence-electron chi connectivity index (χ0n) is 10.0. The summed E-state index contributed by atoms with van der Waals surface area (Å²) in [5.74, 6) is -0.464. The highest BCUT2D eigenvalue weighted by molar-refractivity contribution is 5.70. The van der Waals surface area contributed by atoms with Crippen molar-refractivity contribution in [2.75, 3.05) is 18.5 Å². The van der Waals surface area contributed by atoms with Crippen LogP contribution >= 0.6 is 0 Å². The number of anilines is 1. The van der Waals surface area contributed by atoms with Gasteiger partial charge in [0.25, 0.3) is 0 Å². The Labute approximate surface area is 100 Å². The van der Waals surface area contributed by atoms with Crippen LogP contribution in [0.5, 0.6) is 5.88 Å². The quantitative estimate of drug-likeness (QED) is 0.748. The van der Waals surface area contributed by atoms with Crippen molar-refractivity contribution in [3.63, 3.8) is 0 Å². The van der Waals surface area contributed by atoms with Gasteiger partial charge in [-0.2, -0.15) is 4.98 Å². The summed E-state index contributed by atoms with van der Waals surface area (Å²) in [7, 11) is 0. The number of ether oxygens (including phenoxy) is 1. The molecular formula is C11H17N3O3. The molecule has 94 valence electrons. The number of hydrogen-bond donors (Lipinski definition) is 2. The maximum atomic E-state index is 10.6. The van der Waals surface area contributed by atoms with Crippen molar-refractivity contribution in [3.8, 4) is 5.88 Å². The van der Waals surface area contributed by atoms with Gasteiger partial charge in [-0.1, -0.05) is 13.8 Å². The van der Waals surface area contributed by atoms with E-state index in [0.717, 1.165) is 6.42 Å². The second kappa shape index (κ2) is 6.67. The minimum absolute atomic E-state index is 0.284. The zero-order chi connectivity index (χ0) is 12.7. The van der Waals surface area contributed by atoms with Gasteiger partial charge in [0.05, 0.1) is 12.5 Å². The molecule has 0 fully saturated rings. The van der Waals surface area contributed by atoms with Crippen molar-refractivity contribution < 1.29 is 14.6 Å². The topological polar surface area (TPSA) is 84.3 Å². The fourth-order valence-corrected chi connectivity index (χ4v) is 1.05. The molecule has 1 unspecified atom stereocenters. The lowest BCUT2D eigenvalue weighted by Gasteiger charge is -2.09. The van der Waals surface area contributed by atoms with E-state index in [0.29, 0.717) is 18.4 Å². The summed E-state index contributed by atoms with van der Waals surface area (Å²) in [4.78, 5) is 18.7. The van der Waals surface area contributed by atoms with Gasteiger partial charge in [-0.3, -0.25) is 4.79 Å². The van der Waals surface area contributed by atoms with Crippen molar-refractivity contribution in [2.24, 2.45) is 5.92 Å². The van der Waals surface area contributed by atoms with Crippen LogP contribution in [-0.4, -0.2) is 34.2 Å². The Kier molecular flexibility index (Phi) is 5.19. The number of aromatic nitrogens is 2. The van der Waals surface area contributed by atoms with Crippen molar-refractivity contribution >= 4 is 11.9 Å². The van der Waals surface area contributed by atoms with Crippen LogP contribution in [0.2, 0.25) is 0 Å². The molecule has 0 radical (unpaired) electrons. The maximum absolute atomic E-state index is 10.6. The molecule has 0 aliphatic heterocycles. The van der Waals surface area contributed by atoms with Gasteiger partial charge in [0.2, 0.25) is 11.8 Å². The molecule has 0 aliphatic rings. The Hall–Kier alpha value is -1.85. The molecule has 0 bridgehead atoms. The summed E-state index contributed by atoms with van der Waals surface area (Å²) >= 11 is 0. The van der Waals surface area contributed by atoms with Gasteiger partial charge in [-0.25, -0.2) is 4.98 Å². The first-order valence-corrected chi connectivity index (χ1v) is 5.56. The Morgan fingerprint density at radius 3 is 3.06 bits per heavy atom. The van der Waals surface area contributed by atoms with Crippen molar-refractivity contribution in [2.45, 2.75) is 20.3 Å². The Morgan fingerprint density at radius 1 is 1.65 bits per heavy atom. The molecule has 0 amide bonds. The molecule has 0 spiro atoms. The van der Waals surface area contributed by atoms with E-state index in [1.54, 1.807) is 19.2 Å². The molecule has 2 N–H and O–H groups in total. The molecular weight excluding hydrogens is 222 g/mol. The van der Waals surface area contributed by atoms with Crippen LogP contribution in [0.1, 0.15) is 20.3 Å². The summed E-state index contributed by atoms with van der Waals surface area (Å²) in [6.45, 7) is 4.51. The number of nitrogens with one attached hydrogen (secondary N) is 1. The molecule has 1 atom stereocenters. The van der Waals surface area contributed by atoms with Crippen LogP contribution in [0.25, 0.3) is 0 Å². The second-order valence-corrected chi connectivity index (χ2v) is 3.69. The molecule has 1 rings (SSSR count). The second-order valence-electron chi connectivity index (χ2n) is 3.69. The predicted molar refractivity (Wildman–Crippen MR) is 63.1 cm³/mol. The Morgan fingerprint density at radius 2 is 2.41 bits per heavy atom. The molecule has 1 aromatic rings. The Bertz CT molecular complexity index is 371. The lowest BCUT2D eigenvalue weighted by Crippen LogP contribution is -2.20. The van der Waals surface area contributed by atoms with E-state index in [1.807, 2.05) is 6.92 Å². The van der Waals surface area contributed by atoms with Crippen LogP contribution < -0.4 is 10.1 Å². The number of hydrogen-bond acceptors (Lipinski definition) is 5. The SMILES string of the molecule is CCCOc1ccnc(NCC(C)C(=O)O)n1. The largest absolute Gasteiger partial charge is 0.481 e. The monoisotopic (exact) mass is 239 g/mol. The average Bonchev–Trinajstić information content (AvgIpc) is 2.33. The predicted octanol–water partition coefficient (Wildman–Crippen LogP) is 1.40. The fourth-order valence-electron chi connectivity index (χ4n) is 1.05. The van der Waals surface area contributed by atoms with E-state index in [-0.39, 0.29) is 6.54 Å². The number of aliphatic carboxylic acids is 1. The van der Waals surface area contributed by atoms with E-state index in [9.17, 15) is 4.79 Å².